The predicted molar refractivity (Wildman–Crippen MR) is 82.8 cm³/mol. The lowest BCUT2D eigenvalue weighted by Crippen LogP contribution is -1.83. The third-order valence-corrected chi connectivity index (χ3v) is 3.07. The van der Waals surface area contributed by atoms with Gasteiger partial charge in [0, 0.05) is 10.6 Å². The molecular weight excluding hydrogens is 279 g/mol. The van der Waals surface area contributed by atoms with Crippen LogP contribution in [0.15, 0.2) is 52.7 Å². The monoisotopic (exact) mass is 290 g/mol. The van der Waals surface area contributed by atoms with Crippen molar-refractivity contribution < 1.29 is 0 Å². The van der Waals surface area contributed by atoms with Crippen LogP contribution in [0.3, 0.4) is 0 Å². The molecule has 2 nitrogen and oxygen atoms in total. The average molecular weight is 291 g/mol. The standard InChI is InChI=1S/C15H12Cl2N2/c1-11-2-4-12(5-3-11)9-18-19-10-13-6-7-14(16)8-15(13)17/h2-10H,1H3/b18-9+,19-10+. The van der Waals surface area contributed by atoms with Crippen LogP contribution in [0.4, 0.5) is 0 Å². The molecule has 19 heavy (non-hydrogen) atoms. The third kappa shape index (κ3) is 4.19. The lowest BCUT2D eigenvalue weighted by molar-refractivity contribution is 1.26. The van der Waals surface area contributed by atoms with E-state index in [1.807, 2.05) is 31.2 Å². The molecule has 0 aliphatic rings. The van der Waals surface area contributed by atoms with Crippen LogP contribution in [0.2, 0.25) is 10.0 Å². The minimum atomic E-state index is 0.557. The van der Waals surface area contributed by atoms with E-state index in [9.17, 15) is 0 Å². The zero-order valence-electron chi connectivity index (χ0n) is 10.3. The molecule has 0 heterocycles. The van der Waals surface area contributed by atoms with Crippen molar-refractivity contribution in [3.05, 3.63) is 69.2 Å². The fourth-order valence-corrected chi connectivity index (χ4v) is 1.91. The Balaban J connectivity index is 2.05. The number of nitrogens with zero attached hydrogens (tertiary/aromatic N) is 2. The van der Waals surface area contributed by atoms with Crippen LogP contribution >= 0.6 is 23.2 Å². The number of hydrogen-bond acceptors (Lipinski definition) is 2. The lowest BCUT2D eigenvalue weighted by atomic mass is 10.2. The van der Waals surface area contributed by atoms with Gasteiger partial charge in [-0.3, -0.25) is 0 Å². The van der Waals surface area contributed by atoms with E-state index in [0.717, 1.165) is 11.1 Å². The van der Waals surface area contributed by atoms with Gasteiger partial charge in [-0.2, -0.15) is 10.2 Å². The molecule has 4 heteroatoms. The Bertz CT molecular complexity index is 617. The van der Waals surface area contributed by atoms with Gasteiger partial charge in [0.15, 0.2) is 0 Å². The summed E-state index contributed by atoms with van der Waals surface area (Å²) in [7, 11) is 0. The molecule has 0 fully saturated rings. The Labute approximate surface area is 122 Å². The molecular formula is C15H12Cl2N2. The molecule has 0 amide bonds. The van der Waals surface area contributed by atoms with Gasteiger partial charge in [-0.1, -0.05) is 59.1 Å². The SMILES string of the molecule is Cc1ccc(/C=N/N=C/c2ccc(Cl)cc2Cl)cc1. The second-order valence-electron chi connectivity index (χ2n) is 4.07. The summed E-state index contributed by atoms with van der Waals surface area (Å²) in [5, 5.41) is 9.11. The summed E-state index contributed by atoms with van der Waals surface area (Å²) in [6, 6.07) is 13.3. The summed E-state index contributed by atoms with van der Waals surface area (Å²) in [4.78, 5) is 0. The minimum absolute atomic E-state index is 0.557. The van der Waals surface area contributed by atoms with E-state index in [2.05, 4.69) is 10.2 Å². The zero-order chi connectivity index (χ0) is 13.7. The first-order valence-corrected chi connectivity index (χ1v) is 6.49. The van der Waals surface area contributed by atoms with Gasteiger partial charge in [0.25, 0.3) is 0 Å². The van der Waals surface area contributed by atoms with E-state index < -0.39 is 0 Å². The fraction of sp³-hybridized carbons (Fsp3) is 0.0667. The van der Waals surface area contributed by atoms with Gasteiger partial charge < -0.3 is 0 Å². The lowest BCUT2D eigenvalue weighted by Gasteiger charge is -1.96. The molecule has 0 spiro atoms. The summed E-state index contributed by atoms with van der Waals surface area (Å²) < 4.78 is 0. The molecule has 0 unspecified atom stereocenters. The number of benzene rings is 2. The molecule has 0 radical (unpaired) electrons. The molecule has 2 aromatic carbocycles. The zero-order valence-corrected chi connectivity index (χ0v) is 11.9. The maximum Gasteiger partial charge on any atom is 0.0583 e. The third-order valence-electron chi connectivity index (χ3n) is 2.51. The Morgan fingerprint density at radius 3 is 2.26 bits per heavy atom. The highest BCUT2D eigenvalue weighted by Crippen LogP contribution is 2.19. The molecule has 0 saturated carbocycles. The number of aryl methyl sites for hydroxylation is 1. The van der Waals surface area contributed by atoms with E-state index in [1.165, 1.54) is 5.56 Å². The van der Waals surface area contributed by atoms with Crippen LogP contribution in [-0.2, 0) is 0 Å². The fourth-order valence-electron chi connectivity index (χ4n) is 1.45. The predicted octanol–water partition coefficient (Wildman–Crippen LogP) is 4.75. The van der Waals surface area contributed by atoms with Gasteiger partial charge in [-0.15, -0.1) is 0 Å². The molecule has 0 saturated heterocycles. The highest BCUT2D eigenvalue weighted by Gasteiger charge is 1.97. The van der Waals surface area contributed by atoms with Gasteiger partial charge in [0.05, 0.1) is 17.5 Å². The summed E-state index contributed by atoms with van der Waals surface area (Å²) in [5.74, 6) is 0. The summed E-state index contributed by atoms with van der Waals surface area (Å²) in [6.07, 6.45) is 3.29. The quantitative estimate of drug-likeness (QED) is 0.575. The summed E-state index contributed by atoms with van der Waals surface area (Å²) >= 11 is 11.8. The molecule has 0 N–H and O–H groups in total. The number of halogens is 2. The first-order chi connectivity index (χ1) is 9.15. The van der Waals surface area contributed by atoms with Crippen molar-refractivity contribution in [2.45, 2.75) is 6.92 Å². The van der Waals surface area contributed by atoms with E-state index in [0.29, 0.717) is 10.0 Å². The van der Waals surface area contributed by atoms with Gasteiger partial charge >= 0.3 is 0 Å². The van der Waals surface area contributed by atoms with Gasteiger partial charge in [-0.05, 0) is 24.6 Å². The van der Waals surface area contributed by atoms with Crippen molar-refractivity contribution in [3.8, 4) is 0 Å². The molecule has 0 aliphatic carbocycles. The Morgan fingerprint density at radius 2 is 1.58 bits per heavy atom. The van der Waals surface area contributed by atoms with E-state index >= 15 is 0 Å². The Hall–Kier alpha value is -1.64. The second-order valence-corrected chi connectivity index (χ2v) is 4.91. The molecule has 2 aromatic rings. The second kappa shape index (κ2) is 6.50. The van der Waals surface area contributed by atoms with Crippen LogP contribution in [0.25, 0.3) is 0 Å². The maximum atomic E-state index is 6.02. The highest BCUT2D eigenvalue weighted by molar-refractivity contribution is 6.36. The van der Waals surface area contributed by atoms with Gasteiger partial charge in [0.2, 0.25) is 0 Å². The van der Waals surface area contributed by atoms with Crippen molar-refractivity contribution in [3.63, 3.8) is 0 Å². The summed E-state index contributed by atoms with van der Waals surface area (Å²) in [5.41, 5.74) is 3.01. The highest BCUT2D eigenvalue weighted by atomic mass is 35.5. The smallest absolute Gasteiger partial charge is 0.0583 e. The normalized spacial score (nSPS) is 11.5. The van der Waals surface area contributed by atoms with Crippen LogP contribution in [0.5, 0.6) is 0 Å². The van der Waals surface area contributed by atoms with Crippen molar-refractivity contribution in [2.75, 3.05) is 0 Å². The largest absolute Gasteiger partial charge is 0.159 e. The first-order valence-electron chi connectivity index (χ1n) is 5.73. The van der Waals surface area contributed by atoms with Crippen molar-refractivity contribution in [1.82, 2.24) is 0 Å². The molecule has 0 aromatic heterocycles. The Kier molecular flexibility index (Phi) is 4.72. The van der Waals surface area contributed by atoms with E-state index in [4.69, 9.17) is 23.2 Å². The van der Waals surface area contributed by atoms with E-state index in [1.54, 1.807) is 30.6 Å². The minimum Gasteiger partial charge on any atom is -0.159 e. The summed E-state index contributed by atoms with van der Waals surface area (Å²) in [6.45, 7) is 2.04. The molecule has 0 bridgehead atoms. The van der Waals surface area contributed by atoms with Crippen LogP contribution in [0.1, 0.15) is 16.7 Å². The number of hydrogen-bond donors (Lipinski definition) is 0. The Morgan fingerprint density at radius 1 is 0.895 bits per heavy atom. The molecule has 0 atom stereocenters. The molecule has 2 rings (SSSR count). The van der Waals surface area contributed by atoms with Crippen molar-refractivity contribution in [1.29, 1.82) is 0 Å². The van der Waals surface area contributed by atoms with Gasteiger partial charge in [0.1, 0.15) is 0 Å². The van der Waals surface area contributed by atoms with Crippen molar-refractivity contribution in [2.24, 2.45) is 10.2 Å². The van der Waals surface area contributed by atoms with Crippen molar-refractivity contribution >= 4 is 35.6 Å². The molecule has 0 aliphatic heterocycles. The topological polar surface area (TPSA) is 24.7 Å². The van der Waals surface area contributed by atoms with Gasteiger partial charge in [-0.25, -0.2) is 0 Å². The number of rotatable bonds is 3. The molecule has 96 valence electrons. The maximum absolute atomic E-state index is 6.02. The van der Waals surface area contributed by atoms with Crippen LogP contribution in [0, 0.1) is 6.92 Å². The first kappa shape index (κ1) is 13.8. The average Bonchev–Trinajstić information content (AvgIpc) is 2.39. The van der Waals surface area contributed by atoms with Crippen LogP contribution in [-0.4, -0.2) is 12.4 Å². The van der Waals surface area contributed by atoms with E-state index in [-0.39, 0.29) is 0 Å². The van der Waals surface area contributed by atoms with Crippen LogP contribution < -0.4 is 0 Å².